The molecule has 0 spiro atoms. The van der Waals surface area contributed by atoms with Crippen molar-refractivity contribution in [1.29, 1.82) is 0 Å². The van der Waals surface area contributed by atoms with Gasteiger partial charge in [0.1, 0.15) is 12.4 Å². The Kier molecular flexibility index (Phi) is 6.44. The molecule has 2 aromatic rings. The highest BCUT2D eigenvalue weighted by Crippen LogP contribution is 2.24. The van der Waals surface area contributed by atoms with Crippen molar-refractivity contribution in [2.45, 2.75) is 20.1 Å². The van der Waals surface area contributed by atoms with Gasteiger partial charge in [-0.1, -0.05) is 54.9 Å². The van der Waals surface area contributed by atoms with Crippen LogP contribution in [0, 0.1) is 5.92 Å². The summed E-state index contributed by atoms with van der Waals surface area (Å²) in [6.07, 6.45) is 0. The van der Waals surface area contributed by atoms with E-state index in [9.17, 15) is 4.79 Å². The van der Waals surface area contributed by atoms with Gasteiger partial charge in [0.05, 0.1) is 5.02 Å². The normalized spacial score (nSPS) is 11.8. The Morgan fingerprint density at radius 2 is 1.83 bits per heavy atom. The van der Waals surface area contributed by atoms with Crippen LogP contribution in [-0.2, 0) is 17.9 Å². The largest absolute Gasteiger partial charge is 0.487 e. The molecule has 0 aliphatic heterocycles. The lowest BCUT2D eigenvalue weighted by molar-refractivity contribution is -0.124. The lowest BCUT2D eigenvalue weighted by Crippen LogP contribution is -2.33. The molecule has 0 aliphatic rings. The van der Waals surface area contributed by atoms with Gasteiger partial charge in [-0.25, -0.2) is 0 Å². The van der Waals surface area contributed by atoms with E-state index in [-0.39, 0.29) is 11.8 Å². The smallest absolute Gasteiger partial charge is 0.224 e. The number of ether oxygens (including phenoxy) is 1. The van der Waals surface area contributed by atoms with Crippen molar-refractivity contribution in [2.75, 3.05) is 6.54 Å². The maximum Gasteiger partial charge on any atom is 0.224 e. The topological polar surface area (TPSA) is 64.4 Å². The maximum absolute atomic E-state index is 11.8. The summed E-state index contributed by atoms with van der Waals surface area (Å²) in [5, 5.41) is 3.48. The average molecular weight is 333 g/mol. The Hall–Kier alpha value is -2.04. The second kappa shape index (κ2) is 8.56. The Balaban J connectivity index is 2.00. The molecule has 0 aromatic heterocycles. The standard InChI is InChI=1S/C18H21ClN2O2/c1-13(10-20)18(22)21-11-14-6-2-3-7-15(14)12-23-17-9-5-4-8-16(17)19/h2-9,13H,10-12,20H2,1H3,(H,21,22). The van der Waals surface area contributed by atoms with Crippen LogP contribution in [0.25, 0.3) is 0 Å². The summed E-state index contributed by atoms with van der Waals surface area (Å²) >= 11 is 6.09. The van der Waals surface area contributed by atoms with Gasteiger partial charge < -0.3 is 15.8 Å². The highest BCUT2D eigenvalue weighted by molar-refractivity contribution is 6.32. The predicted molar refractivity (Wildman–Crippen MR) is 92.3 cm³/mol. The van der Waals surface area contributed by atoms with Crippen molar-refractivity contribution >= 4 is 17.5 Å². The third-order valence-electron chi connectivity index (χ3n) is 3.59. The molecule has 0 saturated heterocycles. The van der Waals surface area contributed by atoms with Gasteiger partial charge in [0.15, 0.2) is 0 Å². The third kappa shape index (κ3) is 4.98. The summed E-state index contributed by atoms with van der Waals surface area (Å²) in [7, 11) is 0. The van der Waals surface area contributed by atoms with Crippen LogP contribution in [0.2, 0.25) is 5.02 Å². The molecule has 3 N–H and O–H groups in total. The van der Waals surface area contributed by atoms with Gasteiger partial charge >= 0.3 is 0 Å². The molecule has 2 aromatic carbocycles. The number of carbonyl (C=O) groups excluding carboxylic acids is 1. The predicted octanol–water partition coefficient (Wildman–Crippen LogP) is 3.13. The number of nitrogens with one attached hydrogen (secondary N) is 1. The van der Waals surface area contributed by atoms with Crippen molar-refractivity contribution in [3.63, 3.8) is 0 Å². The molecular formula is C18H21ClN2O2. The van der Waals surface area contributed by atoms with Crippen LogP contribution < -0.4 is 15.8 Å². The first-order valence-electron chi connectivity index (χ1n) is 7.53. The molecular weight excluding hydrogens is 312 g/mol. The zero-order valence-electron chi connectivity index (χ0n) is 13.1. The Morgan fingerprint density at radius 3 is 2.52 bits per heavy atom. The van der Waals surface area contributed by atoms with Gasteiger partial charge in [-0.3, -0.25) is 4.79 Å². The number of rotatable bonds is 7. The summed E-state index contributed by atoms with van der Waals surface area (Å²) in [4.78, 5) is 11.8. The summed E-state index contributed by atoms with van der Waals surface area (Å²) in [5.41, 5.74) is 7.52. The second-order valence-electron chi connectivity index (χ2n) is 5.34. The van der Waals surface area contributed by atoms with E-state index in [0.29, 0.717) is 30.5 Å². The highest BCUT2D eigenvalue weighted by atomic mass is 35.5. The minimum Gasteiger partial charge on any atom is -0.487 e. The van der Waals surface area contributed by atoms with E-state index in [4.69, 9.17) is 22.1 Å². The Labute approximate surface area is 141 Å². The van der Waals surface area contributed by atoms with Crippen molar-refractivity contribution in [3.05, 3.63) is 64.7 Å². The summed E-state index contributed by atoms with van der Waals surface area (Å²) in [5.74, 6) is 0.403. The van der Waals surface area contributed by atoms with Crippen LogP contribution in [-0.4, -0.2) is 12.5 Å². The SMILES string of the molecule is CC(CN)C(=O)NCc1ccccc1COc1ccccc1Cl. The van der Waals surface area contributed by atoms with Gasteiger partial charge in [-0.15, -0.1) is 0 Å². The minimum atomic E-state index is -0.193. The number of para-hydroxylation sites is 1. The number of hydrogen-bond donors (Lipinski definition) is 2. The number of amides is 1. The molecule has 0 radical (unpaired) electrons. The molecule has 0 saturated carbocycles. The minimum absolute atomic E-state index is 0.0469. The lowest BCUT2D eigenvalue weighted by Gasteiger charge is -2.14. The summed E-state index contributed by atoms with van der Waals surface area (Å²) in [6, 6.07) is 15.2. The van der Waals surface area contributed by atoms with Crippen LogP contribution in [0.3, 0.4) is 0 Å². The maximum atomic E-state index is 11.8. The quantitative estimate of drug-likeness (QED) is 0.818. The molecule has 0 bridgehead atoms. The van der Waals surface area contributed by atoms with E-state index in [0.717, 1.165) is 11.1 Å². The fraction of sp³-hybridized carbons (Fsp3) is 0.278. The van der Waals surface area contributed by atoms with Crippen molar-refractivity contribution in [2.24, 2.45) is 11.7 Å². The molecule has 1 amide bonds. The lowest BCUT2D eigenvalue weighted by atomic mass is 10.1. The van der Waals surface area contributed by atoms with E-state index in [1.807, 2.05) is 49.4 Å². The van der Waals surface area contributed by atoms with Crippen LogP contribution in [0.15, 0.2) is 48.5 Å². The first-order valence-corrected chi connectivity index (χ1v) is 7.91. The summed E-state index contributed by atoms with van der Waals surface area (Å²) < 4.78 is 5.77. The fourth-order valence-corrected chi connectivity index (χ4v) is 2.24. The number of hydrogen-bond acceptors (Lipinski definition) is 3. The van der Waals surface area contributed by atoms with E-state index in [2.05, 4.69) is 5.32 Å². The molecule has 4 nitrogen and oxygen atoms in total. The molecule has 0 heterocycles. The fourth-order valence-electron chi connectivity index (χ4n) is 2.05. The third-order valence-corrected chi connectivity index (χ3v) is 3.90. The number of carbonyl (C=O) groups is 1. The molecule has 1 unspecified atom stereocenters. The van der Waals surface area contributed by atoms with E-state index < -0.39 is 0 Å². The Morgan fingerprint density at radius 1 is 1.17 bits per heavy atom. The monoisotopic (exact) mass is 332 g/mol. The van der Waals surface area contributed by atoms with Crippen LogP contribution >= 0.6 is 11.6 Å². The zero-order valence-corrected chi connectivity index (χ0v) is 13.8. The van der Waals surface area contributed by atoms with Gasteiger partial charge in [0, 0.05) is 19.0 Å². The first kappa shape index (κ1) is 17.3. The summed E-state index contributed by atoms with van der Waals surface area (Å²) in [6.45, 7) is 2.98. The molecule has 0 fully saturated rings. The zero-order chi connectivity index (χ0) is 16.7. The molecule has 122 valence electrons. The number of halogens is 1. The van der Waals surface area contributed by atoms with Crippen molar-refractivity contribution in [3.8, 4) is 5.75 Å². The van der Waals surface area contributed by atoms with Gasteiger partial charge in [-0.05, 0) is 23.3 Å². The van der Waals surface area contributed by atoms with E-state index in [1.54, 1.807) is 6.07 Å². The molecule has 0 aliphatic carbocycles. The van der Waals surface area contributed by atoms with Crippen molar-refractivity contribution < 1.29 is 9.53 Å². The molecule has 2 rings (SSSR count). The van der Waals surface area contributed by atoms with Gasteiger partial charge in [0.25, 0.3) is 0 Å². The number of nitrogens with two attached hydrogens (primary N) is 1. The molecule has 5 heteroatoms. The van der Waals surface area contributed by atoms with Crippen molar-refractivity contribution in [1.82, 2.24) is 5.32 Å². The highest BCUT2D eigenvalue weighted by Gasteiger charge is 2.11. The number of benzene rings is 2. The van der Waals surface area contributed by atoms with Gasteiger partial charge in [0.2, 0.25) is 5.91 Å². The second-order valence-corrected chi connectivity index (χ2v) is 5.75. The molecule has 1 atom stereocenters. The van der Waals surface area contributed by atoms with E-state index >= 15 is 0 Å². The molecule has 23 heavy (non-hydrogen) atoms. The van der Waals surface area contributed by atoms with Gasteiger partial charge in [-0.2, -0.15) is 0 Å². The van der Waals surface area contributed by atoms with E-state index in [1.165, 1.54) is 0 Å². The average Bonchev–Trinajstić information content (AvgIpc) is 2.59. The van der Waals surface area contributed by atoms with Crippen LogP contribution in [0.1, 0.15) is 18.1 Å². The van der Waals surface area contributed by atoms with Crippen LogP contribution in [0.4, 0.5) is 0 Å². The van der Waals surface area contributed by atoms with Crippen LogP contribution in [0.5, 0.6) is 5.75 Å². The first-order chi connectivity index (χ1) is 11.1. The Bertz CT molecular complexity index is 661.